The minimum Gasteiger partial charge on any atom is -0.474 e. The summed E-state index contributed by atoms with van der Waals surface area (Å²) < 4.78 is 11.1. The number of hydrogen-bond acceptors (Lipinski definition) is 5. The van der Waals surface area contributed by atoms with Gasteiger partial charge in [0, 0.05) is 13.2 Å². The Morgan fingerprint density at radius 2 is 2.11 bits per heavy atom. The van der Waals surface area contributed by atoms with Gasteiger partial charge in [-0.1, -0.05) is 13.3 Å². The van der Waals surface area contributed by atoms with Crippen molar-refractivity contribution in [2.45, 2.75) is 51.7 Å². The largest absolute Gasteiger partial charge is 0.474 e. The number of anilines is 1. The summed E-state index contributed by atoms with van der Waals surface area (Å²) in [6.07, 6.45) is 6.28. The fourth-order valence-electron chi connectivity index (χ4n) is 2.70. The average molecular weight is 265 g/mol. The zero-order valence-corrected chi connectivity index (χ0v) is 11.8. The quantitative estimate of drug-likeness (QED) is 0.886. The SMILES string of the molecule is CCC1CCCCC1Oc1cc(N)nc(COC)n1. The Labute approximate surface area is 114 Å². The van der Waals surface area contributed by atoms with Gasteiger partial charge in [0.25, 0.3) is 0 Å². The number of nitrogens with zero attached hydrogens (tertiary/aromatic N) is 2. The summed E-state index contributed by atoms with van der Waals surface area (Å²) in [5.41, 5.74) is 5.78. The van der Waals surface area contributed by atoms with E-state index in [1.54, 1.807) is 13.2 Å². The maximum atomic E-state index is 6.04. The van der Waals surface area contributed by atoms with Gasteiger partial charge in [-0.3, -0.25) is 0 Å². The molecule has 1 aromatic rings. The Bertz CT molecular complexity index is 412. The van der Waals surface area contributed by atoms with Gasteiger partial charge in [-0.05, 0) is 31.6 Å². The predicted molar refractivity (Wildman–Crippen MR) is 73.8 cm³/mol. The molecule has 2 N–H and O–H groups in total. The molecule has 1 aromatic heterocycles. The molecule has 2 unspecified atom stereocenters. The second-order valence-electron chi connectivity index (χ2n) is 5.09. The lowest BCUT2D eigenvalue weighted by Crippen LogP contribution is -2.30. The third-order valence-electron chi connectivity index (χ3n) is 3.68. The molecule has 1 aliphatic rings. The van der Waals surface area contributed by atoms with Gasteiger partial charge < -0.3 is 15.2 Å². The van der Waals surface area contributed by atoms with Crippen molar-refractivity contribution in [3.05, 3.63) is 11.9 Å². The molecule has 0 bridgehead atoms. The van der Waals surface area contributed by atoms with Crippen molar-refractivity contribution in [1.82, 2.24) is 9.97 Å². The van der Waals surface area contributed by atoms with Crippen LogP contribution in [-0.2, 0) is 11.3 Å². The van der Waals surface area contributed by atoms with E-state index in [4.69, 9.17) is 15.2 Å². The average Bonchev–Trinajstić information content (AvgIpc) is 2.39. The third-order valence-corrected chi connectivity index (χ3v) is 3.68. The Morgan fingerprint density at radius 1 is 1.32 bits per heavy atom. The monoisotopic (exact) mass is 265 g/mol. The fourth-order valence-corrected chi connectivity index (χ4v) is 2.70. The van der Waals surface area contributed by atoms with Crippen molar-refractivity contribution in [2.24, 2.45) is 5.92 Å². The van der Waals surface area contributed by atoms with Crippen LogP contribution in [0.2, 0.25) is 0 Å². The van der Waals surface area contributed by atoms with Crippen LogP contribution < -0.4 is 10.5 Å². The molecule has 0 amide bonds. The summed E-state index contributed by atoms with van der Waals surface area (Å²) >= 11 is 0. The molecule has 1 aliphatic carbocycles. The number of nitrogen functional groups attached to an aromatic ring is 1. The lowest BCUT2D eigenvalue weighted by atomic mass is 9.85. The maximum absolute atomic E-state index is 6.04. The topological polar surface area (TPSA) is 70.3 Å². The van der Waals surface area contributed by atoms with E-state index in [1.165, 1.54) is 19.3 Å². The summed E-state index contributed by atoms with van der Waals surface area (Å²) in [4.78, 5) is 8.47. The highest BCUT2D eigenvalue weighted by molar-refractivity contribution is 5.32. The molecule has 106 valence electrons. The van der Waals surface area contributed by atoms with E-state index < -0.39 is 0 Å². The molecular weight excluding hydrogens is 242 g/mol. The van der Waals surface area contributed by atoms with Gasteiger partial charge >= 0.3 is 0 Å². The van der Waals surface area contributed by atoms with Crippen molar-refractivity contribution in [3.8, 4) is 5.88 Å². The maximum Gasteiger partial charge on any atom is 0.219 e. The lowest BCUT2D eigenvalue weighted by molar-refractivity contribution is 0.0847. The van der Waals surface area contributed by atoms with E-state index in [0.717, 1.165) is 12.8 Å². The van der Waals surface area contributed by atoms with Crippen LogP contribution in [0.4, 0.5) is 5.82 Å². The van der Waals surface area contributed by atoms with Crippen LogP contribution in [0, 0.1) is 5.92 Å². The van der Waals surface area contributed by atoms with Crippen LogP contribution in [0.1, 0.15) is 44.9 Å². The van der Waals surface area contributed by atoms with E-state index in [0.29, 0.717) is 30.0 Å². The summed E-state index contributed by atoms with van der Waals surface area (Å²) in [5, 5.41) is 0. The minimum absolute atomic E-state index is 0.253. The zero-order chi connectivity index (χ0) is 13.7. The summed E-state index contributed by atoms with van der Waals surface area (Å²) in [6, 6.07) is 1.69. The van der Waals surface area contributed by atoms with E-state index in [-0.39, 0.29) is 6.10 Å². The smallest absolute Gasteiger partial charge is 0.219 e. The zero-order valence-electron chi connectivity index (χ0n) is 11.8. The minimum atomic E-state index is 0.253. The summed E-state index contributed by atoms with van der Waals surface area (Å²) in [7, 11) is 1.61. The van der Waals surface area contributed by atoms with Crippen LogP contribution in [-0.4, -0.2) is 23.2 Å². The molecule has 5 nitrogen and oxygen atoms in total. The number of aromatic nitrogens is 2. The highest BCUT2D eigenvalue weighted by atomic mass is 16.5. The molecule has 0 saturated heterocycles. The lowest BCUT2D eigenvalue weighted by Gasteiger charge is -2.30. The Kier molecular flexibility index (Phi) is 4.96. The molecular formula is C14H23N3O2. The molecule has 19 heavy (non-hydrogen) atoms. The van der Waals surface area contributed by atoms with Gasteiger partial charge in [-0.2, -0.15) is 4.98 Å². The van der Waals surface area contributed by atoms with Crippen molar-refractivity contribution in [3.63, 3.8) is 0 Å². The number of rotatable bonds is 5. The van der Waals surface area contributed by atoms with Gasteiger partial charge in [-0.15, -0.1) is 0 Å². The predicted octanol–water partition coefficient (Wildman–Crippen LogP) is 2.55. The first-order valence-corrected chi connectivity index (χ1v) is 7.02. The van der Waals surface area contributed by atoms with Gasteiger partial charge in [0.2, 0.25) is 5.88 Å². The Morgan fingerprint density at radius 3 is 2.84 bits per heavy atom. The second kappa shape index (κ2) is 6.70. The first-order chi connectivity index (χ1) is 9.22. The van der Waals surface area contributed by atoms with Crippen LogP contribution in [0.5, 0.6) is 5.88 Å². The number of methoxy groups -OCH3 is 1. The molecule has 1 saturated carbocycles. The normalized spacial score (nSPS) is 23.3. The molecule has 5 heteroatoms. The highest BCUT2D eigenvalue weighted by Gasteiger charge is 2.25. The first kappa shape index (κ1) is 14.1. The van der Waals surface area contributed by atoms with Crippen molar-refractivity contribution < 1.29 is 9.47 Å². The number of nitrogens with two attached hydrogens (primary N) is 1. The molecule has 2 rings (SSSR count). The van der Waals surface area contributed by atoms with E-state index >= 15 is 0 Å². The van der Waals surface area contributed by atoms with Gasteiger partial charge in [0.05, 0.1) is 0 Å². The highest BCUT2D eigenvalue weighted by Crippen LogP contribution is 2.30. The number of ether oxygens (including phenoxy) is 2. The third kappa shape index (κ3) is 3.80. The Balaban J connectivity index is 2.08. The van der Waals surface area contributed by atoms with Crippen molar-refractivity contribution in [2.75, 3.05) is 12.8 Å². The second-order valence-corrected chi connectivity index (χ2v) is 5.09. The van der Waals surface area contributed by atoms with Crippen LogP contribution in [0.3, 0.4) is 0 Å². The molecule has 0 aromatic carbocycles. The molecule has 0 aliphatic heterocycles. The van der Waals surface area contributed by atoms with E-state index in [9.17, 15) is 0 Å². The van der Waals surface area contributed by atoms with Crippen LogP contribution in [0.15, 0.2) is 6.07 Å². The van der Waals surface area contributed by atoms with E-state index in [2.05, 4.69) is 16.9 Å². The van der Waals surface area contributed by atoms with E-state index in [1.807, 2.05) is 0 Å². The van der Waals surface area contributed by atoms with Crippen molar-refractivity contribution in [1.29, 1.82) is 0 Å². The van der Waals surface area contributed by atoms with Gasteiger partial charge in [-0.25, -0.2) is 4.98 Å². The summed E-state index contributed by atoms with van der Waals surface area (Å²) in [5.74, 6) is 2.20. The summed E-state index contributed by atoms with van der Waals surface area (Å²) in [6.45, 7) is 2.57. The van der Waals surface area contributed by atoms with Crippen LogP contribution >= 0.6 is 0 Å². The molecule has 1 heterocycles. The Hall–Kier alpha value is -1.36. The molecule has 2 atom stereocenters. The van der Waals surface area contributed by atoms with Crippen molar-refractivity contribution >= 4 is 5.82 Å². The first-order valence-electron chi connectivity index (χ1n) is 7.02. The standard InChI is InChI=1S/C14H23N3O2/c1-3-10-6-4-5-7-11(10)19-14-8-12(15)16-13(17-14)9-18-2/h8,10-11H,3-7,9H2,1-2H3,(H2,15,16,17). The molecule has 0 radical (unpaired) electrons. The van der Waals surface area contributed by atoms with Gasteiger partial charge in [0.1, 0.15) is 18.5 Å². The van der Waals surface area contributed by atoms with Gasteiger partial charge in [0.15, 0.2) is 5.82 Å². The molecule has 1 fully saturated rings. The molecule has 0 spiro atoms. The fraction of sp³-hybridized carbons (Fsp3) is 0.714. The number of hydrogen-bond donors (Lipinski definition) is 1. The van der Waals surface area contributed by atoms with Crippen LogP contribution in [0.25, 0.3) is 0 Å².